The largest absolute Gasteiger partial charge is 0.481 e. The predicted molar refractivity (Wildman–Crippen MR) is 59.0 cm³/mol. The van der Waals surface area contributed by atoms with Crippen LogP contribution in [-0.4, -0.2) is 17.2 Å². The molecule has 0 radical (unpaired) electrons. The lowest BCUT2D eigenvalue weighted by atomic mass is 10.1. The van der Waals surface area contributed by atoms with Gasteiger partial charge in [0.05, 0.1) is 19.2 Å². The minimum absolute atomic E-state index is 0.0556. The minimum atomic E-state index is -0.0556. The second-order valence-electron chi connectivity index (χ2n) is 3.51. The molecule has 1 aromatic heterocycles. The van der Waals surface area contributed by atoms with E-state index in [0.717, 1.165) is 16.5 Å². The highest BCUT2D eigenvalue weighted by Gasteiger charge is 2.06. The second-order valence-corrected chi connectivity index (χ2v) is 3.51. The fourth-order valence-electron chi connectivity index (χ4n) is 1.59. The zero-order valence-corrected chi connectivity index (χ0v) is 8.82. The summed E-state index contributed by atoms with van der Waals surface area (Å²) in [7, 11) is 1.56. The first kappa shape index (κ1) is 9.93. The number of aliphatic hydroxyl groups is 1. The summed E-state index contributed by atoms with van der Waals surface area (Å²) >= 11 is 0. The zero-order valence-electron chi connectivity index (χ0n) is 8.82. The highest BCUT2D eigenvalue weighted by Crippen LogP contribution is 2.22. The van der Waals surface area contributed by atoms with E-state index in [1.54, 1.807) is 7.11 Å². The number of hydrogen-bond donors (Lipinski definition) is 1. The summed E-state index contributed by atoms with van der Waals surface area (Å²) in [4.78, 5) is 4.34. The minimum Gasteiger partial charge on any atom is -0.481 e. The Labute approximate surface area is 88.3 Å². The molecule has 15 heavy (non-hydrogen) atoms. The van der Waals surface area contributed by atoms with Crippen molar-refractivity contribution in [2.45, 2.75) is 13.5 Å². The van der Waals surface area contributed by atoms with E-state index in [4.69, 9.17) is 9.84 Å². The number of nitrogens with zero attached hydrogens (tertiary/aromatic N) is 1. The Bertz CT molecular complexity index is 494. The van der Waals surface area contributed by atoms with Crippen molar-refractivity contribution in [1.29, 1.82) is 0 Å². The molecule has 0 aliphatic heterocycles. The summed E-state index contributed by atoms with van der Waals surface area (Å²) < 4.78 is 5.11. The lowest BCUT2D eigenvalue weighted by Crippen LogP contribution is -1.95. The summed E-state index contributed by atoms with van der Waals surface area (Å²) in [6.45, 7) is 1.97. The highest BCUT2D eigenvalue weighted by atomic mass is 16.5. The van der Waals surface area contributed by atoms with Crippen LogP contribution < -0.4 is 4.74 Å². The third-order valence-electron chi connectivity index (χ3n) is 2.38. The number of aromatic nitrogens is 1. The van der Waals surface area contributed by atoms with Crippen molar-refractivity contribution in [2.24, 2.45) is 0 Å². The molecule has 0 bridgehead atoms. The third kappa shape index (κ3) is 1.78. The first-order valence-corrected chi connectivity index (χ1v) is 4.79. The molecule has 2 rings (SSSR count). The van der Waals surface area contributed by atoms with E-state index in [9.17, 15) is 0 Å². The van der Waals surface area contributed by atoms with Gasteiger partial charge in [0.2, 0.25) is 5.88 Å². The second kappa shape index (κ2) is 3.87. The number of ether oxygens (including phenoxy) is 1. The van der Waals surface area contributed by atoms with Crippen molar-refractivity contribution in [1.82, 2.24) is 4.98 Å². The van der Waals surface area contributed by atoms with Gasteiger partial charge in [-0.25, -0.2) is 4.98 Å². The summed E-state index contributed by atoms with van der Waals surface area (Å²) in [5.41, 5.74) is 2.77. The summed E-state index contributed by atoms with van der Waals surface area (Å²) in [5.74, 6) is 0.496. The van der Waals surface area contributed by atoms with Gasteiger partial charge < -0.3 is 9.84 Å². The molecule has 2 aromatic rings. The molecular weight excluding hydrogens is 190 g/mol. The van der Waals surface area contributed by atoms with Gasteiger partial charge in [-0.3, -0.25) is 0 Å². The van der Waals surface area contributed by atoms with Crippen molar-refractivity contribution in [3.8, 4) is 5.88 Å². The fourth-order valence-corrected chi connectivity index (χ4v) is 1.59. The summed E-state index contributed by atoms with van der Waals surface area (Å²) in [6, 6.07) is 7.92. The molecule has 0 fully saturated rings. The van der Waals surface area contributed by atoms with Crippen LogP contribution in [0.15, 0.2) is 24.3 Å². The average Bonchev–Trinajstić information content (AvgIpc) is 2.27. The lowest BCUT2D eigenvalue weighted by Gasteiger charge is -2.07. The molecule has 0 spiro atoms. The Balaban J connectivity index is 2.69. The van der Waals surface area contributed by atoms with Crippen LogP contribution in [0.1, 0.15) is 11.1 Å². The smallest absolute Gasteiger partial charge is 0.219 e. The number of hydrogen-bond acceptors (Lipinski definition) is 3. The number of benzene rings is 1. The Morgan fingerprint density at radius 2 is 2.13 bits per heavy atom. The van der Waals surface area contributed by atoms with E-state index in [1.807, 2.05) is 31.2 Å². The van der Waals surface area contributed by atoms with E-state index >= 15 is 0 Å². The molecule has 0 unspecified atom stereocenters. The van der Waals surface area contributed by atoms with Crippen LogP contribution in [0.4, 0.5) is 0 Å². The van der Waals surface area contributed by atoms with Crippen LogP contribution in [0, 0.1) is 6.92 Å². The molecule has 0 saturated carbocycles. The molecular formula is C12H13NO2. The van der Waals surface area contributed by atoms with Gasteiger partial charge in [0.15, 0.2) is 0 Å². The first-order valence-electron chi connectivity index (χ1n) is 4.79. The van der Waals surface area contributed by atoms with E-state index in [-0.39, 0.29) is 6.61 Å². The van der Waals surface area contributed by atoms with E-state index in [0.29, 0.717) is 11.4 Å². The number of aryl methyl sites for hydroxylation is 1. The van der Waals surface area contributed by atoms with Crippen LogP contribution in [0.5, 0.6) is 5.88 Å². The van der Waals surface area contributed by atoms with Gasteiger partial charge in [-0.05, 0) is 24.6 Å². The first-order chi connectivity index (χ1) is 7.24. The van der Waals surface area contributed by atoms with Crippen molar-refractivity contribution in [3.05, 3.63) is 35.4 Å². The standard InChI is InChI=1S/C12H13NO2/c1-8-3-4-9-6-10(7-14)12(15-2)13-11(9)5-8/h3-6,14H,7H2,1-2H3. The zero-order chi connectivity index (χ0) is 10.8. The molecule has 1 N–H and O–H groups in total. The number of rotatable bonds is 2. The maximum atomic E-state index is 9.14. The Kier molecular flexibility index (Phi) is 2.56. The molecule has 0 aliphatic carbocycles. The Hall–Kier alpha value is -1.61. The maximum absolute atomic E-state index is 9.14. The van der Waals surface area contributed by atoms with Crippen molar-refractivity contribution >= 4 is 10.9 Å². The van der Waals surface area contributed by atoms with Gasteiger partial charge in [-0.1, -0.05) is 12.1 Å². The summed E-state index contributed by atoms with van der Waals surface area (Å²) in [6.07, 6.45) is 0. The molecule has 0 atom stereocenters. The normalized spacial score (nSPS) is 10.6. The fraction of sp³-hybridized carbons (Fsp3) is 0.250. The molecule has 78 valence electrons. The summed E-state index contributed by atoms with van der Waals surface area (Å²) in [5, 5.41) is 10.2. The SMILES string of the molecule is COc1nc2cc(C)ccc2cc1CO. The molecule has 1 aromatic carbocycles. The van der Waals surface area contributed by atoms with Gasteiger partial charge in [-0.2, -0.15) is 0 Å². The van der Waals surface area contributed by atoms with E-state index in [1.165, 1.54) is 0 Å². The predicted octanol–water partition coefficient (Wildman–Crippen LogP) is 2.04. The van der Waals surface area contributed by atoms with Crippen molar-refractivity contribution in [2.75, 3.05) is 7.11 Å². The Morgan fingerprint density at radius 3 is 2.80 bits per heavy atom. The van der Waals surface area contributed by atoms with E-state index in [2.05, 4.69) is 4.98 Å². The number of aliphatic hydroxyl groups excluding tert-OH is 1. The van der Waals surface area contributed by atoms with Crippen LogP contribution >= 0.6 is 0 Å². The quantitative estimate of drug-likeness (QED) is 0.812. The third-order valence-corrected chi connectivity index (χ3v) is 2.38. The molecule has 0 aliphatic rings. The van der Waals surface area contributed by atoms with Gasteiger partial charge >= 0.3 is 0 Å². The highest BCUT2D eigenvalue weighted by molar-refractivity contribution is 5.80. The van der Waals surface area contributed by atoms with Gasteiger partial charge in [0.1, 0.15) is 0 Å². The molecule has 3 nitrogen and oxygen atoms in total. The average molecular weight is 203 g/mol. The number of methoxy groups -OCH3 is 1. The van der Waals surface area contributed by atoms with Crippen molar-refractivity contribution in [3.63, 3.8) is 0 Å². The number of fused-ring (bicyclic) bond motifs is 1. The molecule has 3 heteroatoms. The van der Waals surface area contributed by atoms with Crippen molar-refractivity contribution < 1.29 is 9.84 Å². The van der Waals surface area contributed by atoms with Crippen LogP contribution in [0.25, 0.3) is 10.9 Å². The van der Waals surface area contributed by atoms with E-state index < -0.39 is 0 Å². The van der Waals surface area contributed by atoms with Gasteiger partial charge in [0, 0.05) is 10.9 Å². The van der Waals surface area contributed by atoms with Crippen LogP contribution in [0.3, 0.4) is 0 Å². The maximum Gasteiger partial charge on any atom is 0.219 e. The Morgan fingerprint density at radius 1 is 1.33 bits per heavy atom. The molecule has 0 amide bonds. The van der Waals surface area contributed by atoms with Gasteiger partial charge in [0.25, 0.3) is 0 Å². The number of pyridine rings is 1. The van der Waals surface area contributed by atoms with Crippen LogP contribution in [0.2, 0.25) is 0 Å². The molecule has 1 heterocycles. The topological polar surface area (TPSA) is 42.4 Å². The monoisotopic (exact) mass is 203 g/mol. The lowest BCUT2D eigenvalue weighted by molar-refractivity contribution is 0.272. The van der Waals surface area contributed by atoms with Gasteiger partial charge in [-0.15, -0.1) is 0 Å². The van der Waals surface area contributed by atoms with Crippen LogP contribution in [-0.2, 0) is 6.61 Å². The molecule has 0 saturated heterocycles.